The van der Waals surface area contributed by atoms with Crippen LogP contribution >= 0.6 is 11.3 Å². The summed E-state index contributed by atoms with van der Waals surface area (Å²) in [6, 6.07) is 10.5. The number of thiophene rings is 1. The highest BCUT2D eigenvalue weighted by atomic mass is 32.1. The van der Waals surface area contributed by atoms with E-state index >= 15 is 0 Å². The molecule has 1 amide bonds. The van der Waals surface area contributed by atoms with Crippen LogP contribution in [-0.4, -0.2) is 84.7 Å². The van der Waals surface area contributed by atoms with Crippen molar-refractivity contribution in [2.75, 3.05) is 63.9 Å². The lowest BCUT2D eigenvalue weighted by atomic mass is 9.97. The zero-order valence-electron chi connectivity index (χ0n) is 19.9. The molecule has 2 fully saturated rings. The number of nitrogens with zero attached hydrogens (tertiary/aromatic N) is 5. The summed E-state index contributed by atoms with van der Waals surface area (Å²) in [5, 5.41) is 3.39. The largest absolute Gasteiger partial charge is 0.380 e. The summed E-state index contributed by atoms with van der Waals surface area (Å²) in [7, 11) is 0. The Bertz CT molecular complexity index is 1090. The SMILES string of the molecule is CC(=O)N1CCN(CCOCC2CCN(c3ncnc4scc(-c5ccccc5)c34)CC2)CC1. The van der Waals surface area contributed by atoms with Gasteiger partial charge in [0, 0.05) is 70.3 Å². The monoisotopic (exact) mass is 479 g/mol. The average Bonchev–Trinajstić information content (AvgIpc) is 3.32. The molecule has 2 saturated heterocycles. The van der Waals surface area contributed by atoms with Gasteiger partial charge in [0.1, 0.15) is 17.0 Å². The number of rotatable bonds is 7. The molecular weight excluding hydrogens is 446 g/mol. The molecule has 0 atom stereocenters. The number of benzene rings is 1. The van der Waals surface area contributed by atoms with Crippen molar-refractivity contribution in [1.29, 1.82) is 0 Å². The summed E-state index contributed by atoms with van der Waals surface area (Å²) in [6.45, 7) is 9.75. The average molecular weight is 480 g/mol. The summed E-state index contributed by atoms with van der Waals surface area (Å²) in [4.78, 5) is 28.5. The van der Waals surface area contributed by atoms with Gasteiger partial charge in [0.15, 0.2) is 0 Å². The topological polar surface area (TPSA) is 61.8 Å². The van der Waals surface area contributed by atoms with Crippen molar-refractivity contribution in [2.24, 2.45) is 5.92 Å². The van der Waals surface area contributed by atoms with Crippen LogP contribution in [0, 0.1) is 5.92 Å². The molecule has 0 radical (unpaired) electrons. The van der Waals surface area contributed by atoms with Gasteiger partial charge in [-0.15, -0.1) is 11.3 Å². The van der Waals surface area contributed by atoms with Gasteiger partial charge in [-0.1, -0.05) is 30.3 Å². The van der Waals surface area contributed by atoms with E-state index < -0.39 is 0 Å². The van der Waals surface area contributed by atoms with Gasteiger partial charge in [-0.2, -0.15) is 0 Å². The summed E-state index contributed by atoms with van der Waals surface area (Å²) >= 11 is 1.69. The summed E-state index contributed by atoms with van der Waals surface area (Å²) in [6.07, 6.45) is 3.94. The second-order valence-corrected chi connectivity index (χ2v) is 10.1. The zero-order chi connectivity index (χ0) is 23.3. The van der Waals surface area contributed by atoms with Crippen molar-refractivity contribution in [2.45, 2.75) is 19.8 Å². The lowest BCUT2D eigenvalue weighted by Crippen LogP contribution is -2.48. The van der Waals surface area contributed by atoms with E-state index in [1.54, 1.807) is 24.6 Å². The normalized spacial score (nSPS) is 18.0. The van der Waals surface area contributed by atoms with E-state index in [1.807, 2.05) is 4.90 Å². The Morgan fingerprint density at radius 3 is 2.56 bits per heavy atom. The first-order valence-corrected chi connectivity index (χ1v) is 13.1. The fourth-order valence-electron chi connectivity index (χ4n) is 4.97. The Kier molecular flexibility index (Phi) is 7.37. The fourth-order valence-corrected chi connectivity index (χ4v) is 5.88. The fraction of sp³-hybridized carbons (Fsp3) is 0.500. The van der Waals surface area contributed by atoms with Crippen molar-refractivity contribution in [3.63, 3.8) is 0 Å². The van der Waals surface area contributed by atoms with Crippen LogP contribution in [-0.2, 0) is 9.53 Å². The first-order chi connectivity index (χ1) is 16.7. The van der Waals surface area contributed by atoms with Crippen molar-refractivity contribution in [1.82, 2.24) is 19.8 Å². The van der Waals surface area contributed by atoms with Crippen LogP contribution in [0.3, 0.4) is 0 Å². The lowest BCUT2D eigenvalue weighted by molar-refractivity contribution is -0.130. The number of anilines is 1. The molecule has 2 aliphatic rings. The standard InChI is InChI=1S/C26H33N5O2S/c1-20(32)30-13-11-29(12-14-30)15-16-33-17-21-7-9-31(10-8-21)25-24-23(22-5-3-2-4-6-22)18-34-26(24)28-19-27-25/h2-6,18-19,21H,7-17H2,1H3. The van der Waals surface area contributed by atoms with Gasteiger partial charge in [-0.05, 0) is 24.3 Å². The summed E-state index contributed by atoms with van der Waals surface area (Å²) in [5.41, 5.74) is 2.45. The Morgan fingerprint density at radius 2 is 1.82 bits per heavy atom. The van der Waals surface area contributed by atoms with Gasteiger partial charge >= 0.3 is 0 Å². The van der Waals surface area contributed by atoms with Gasteiger partial charge in [-0.3, -0.25) is 9.69 Å². The van der Waals surface area contributed by atoms with Gasteiger partial charge < -0.3 is 14.5 Å². The molecule has 3 aromatic rings. The molecule has 0 N–H and O–H groups in total. The molecule has 34 heavy (non-hydrogen) atoms. The molecule has 8 heteroatoms. The number of carbonyl (C=O) groups excluding carboxylic acids is 1. The second kappa shape index (κ2) is 10.8. The molecule has 0 aliphatic carbocycles. The molecule has 0 saturated carbocycles. The zero-order valence-corrected chi connectivity index (χ0v) is 20.7. The Labute approximate surface area is 205 Å². The molecule has 1 aromatic carbocycles. The van der Waals surface area contributed by atoms with E-state index in [1.165, 1.54) is 16.5 Å². The lowest BCUT2D eigenvalue weighted by Gasteiger charge is -2.34. The van der Waals surface area contributed by atoms with E-state index in [0.717, 1.165) is 82.5 Å². The molecule has 7 nitrogen and oxygen atoms in total. The molecule has 4 heterocycles. The number of carbonyl (C=O) groups is 1. The third-order valence-electron chi connectivity index (χ3n) is 7.07. The number of hydrogen-bond acceptors (Lipinski definition) is 7. The number of piperidine rings is 1. The summed E-state index contributed by atoms with van der Waals surface area (Å²) in [5.74, 6) is 1.84. The first-order valence-electron chi connectivity index (χ1n) is 12.3. The van der Waals surface area contributed by atoms with Gasteiger partial charge in [0.2, 0.25) is 5.91 Å². The van der Waals surface area contributed by atoms with Crippen LogP contribution in [0.2, 0.25) is 0 Å². The second-order valence-electron chi connectivity index (χ2n) is 9.25. The number of aromatic nitrogens is 2. The van der Waals surface area contributed by atoms with E-state index in [-0.39, 0.29) is 5.91 Å². The molecule has 5 rings (SSSR count). The highest BCUT2D eigenvalue weighted by Crippen LogP contribution is 2.38. The number of fused-ring (bicyclic) bond motifs is 1. The number of piperazine rings is 1. The quantitative estimate of drug-likeness (QED) is 0.481. The van der Waals surface area contributed by atoms with Crippen LogP contribution in [0.1, 0.15) is 19.8 Å². The molecule has 0 bridgehead atoms. The van der Waals surface area contributed by atoms with Crippen molar-refractivity contribution in [3.8, 4) is 11.1 Å². The molecular formula is C26H33N5O2S. The van der Waals surface area contributed by atoms with Crippen LogP contribution in [0.25, 0.3) is 21.3 Å². The summed E-state index contributed by atoms with van der Waals surface area (Å²) < 4.78 is 6.06. The van der Waals surface area contributed by atoms with E-state index in [9.17, 15) is 4.79 Å². The van der Waals surface area contributed by atoms with Crippen LogP contribution in [0.4, 0.5) is 5.82 Å². The predicted molar refractivity (Wildman–Crippen MR) is 137 cm³/mol. The van der Waals surface area contributed by atoms with Crippen molar-refractivity contribution >= 4 is 33.3 Å². The minimum absolute atomic E-state index is 0.181. The van der Waals surface area contributed by atoms with Crippen LogP contribution in [0.15, 0.2) is 42.0 Å². The Hall–Kier alpha value is -2.55. The van der Waals surface area contributed by atoms with E-state index in [4.69, 9.17) is 9.72 Å². The highest BCUT2D eigenvalue weighted by Gasteiger charge is 2.24. The Balaban J connectivity index is 1.11. The number of ether oxygens (including phenoxy) is 1. The van der Waals surface area contributed by atoms with Gasteiger partial charge in [-0.25, -0.2) is 9.97 Å². The Morgan fingerprint density at radius 1 is 1.06 bits per heavy atom. The number of amides is 1. The minimum Gasteiger partial charge on any atom is -0.380 e. The van der Waals surface area contributed by atoms with Gasteiger partial charge in [0.25, 0.3) is 0 Å². The van der Waals surface area contributed by atoms with Gasteiger partial charge in [0.05, 0.1) is 12.0 Å². The van der Waals surface area contributed by atoms with Crippen molar-refractivity contribution < 1.29 is 9.53 Å². The van der Waals surface area contributed by atoms with E-state index in [2.05, 4.69) is 50.5 Å². The maximum atomic E-state index is 11.5. The molecule has 2 aliphatic heterocycles. The maximum absolute atomic E-state index is 11.5. The van der Waals surface area contributed by atoms with Crippen molar-refractivity contribution in [3.05, 3.63) is 42.0 Å². The minimum atomic E-state index is 0.181. The smallest absolute Gasteiger partial charge is 0.219 e. The molecule has 0 unspecified atom stereocenters. The molecule has 180 valence electrons. The molecule has 2 aromatic heterocycles. The third kappa shape index (κ3) is 5.24. The maximum Gasteiger partial charge on any atom is 0.219 e. The third-order valence-corrected chi connectivity index (χ3v) is 7.96. The first kappa shape index (κ1) is 23.2. The highest BCUT2D eigenvalue weighted by molar-refractivity contribution is 7.17. The van der Waals surface area contributed by atoms with Crippen LogP contribution in [0.5, 0.6) is 0 Å². The van der Waals surface area contributed by atoms with Crippen LogP contribution < -0.4 is 4.90 Å². The van der Waals surface area contributed by atoms with E-state index in [0.29, 0.717) is 5.92 Å². The predicted octanol–water partition coefficient (Wildman–Crippen LogP) is 3.76. The number of hydrogen-bond donors (Lipinski definition) is 0. The molecule has 0 spiro atoms.